The molecule has 0 aliphatic carbocycles. The Morgan fingerprint density at radius 1 is 1.06 bits per heavy atom. The number of fused-ring (bicyclic) bond motifs is 1. The lowest BCUT2D eigenvalue weighted by Gasteiger charge is -2.13. The number of sulfonamides is 1. The summed E-state index contributed by atoms with van der Waals surface area (Å²) in [5.41, 5.74) is -0.689. The van der Waals surface area contributed by atoms with Gasteiger partial charge in [-0.15, -0.1) is 0 Å². The molecule has 1 unspecified atom stereocenters. The van der Waals surface area contributed by atoms with E-state index in [1.54, 1.807) is 6.07 Å². The summed E-state index contributed by atoms with van der Waals surface area (Å²) in [5.74, 6) is -2.33. The van der Waals surface area contributed by atoms with Crippen molar-refractivity contribution in [2.75, 3.05) is 11.8 Å². The second-order valence-electron chi connectivity index (χ2n) is 7.21. The van der Waals surface area contributed by atoms with Crippen LogP contribution in [0.4, 0.5) is 14.5 Å². The van der Waals surface area contributed by atoms with Crippen molar-refractivity contribution >= 4 is 48.4 Å². The second-order valence-corrected chi connectivity index (χ2v) is 11.1. The molecular formula is C21H17ClF2N4O6S2. The molecule has 3 heterocycles. The molecule has 4 aromatic rings. The average molecular weight is 559 g/mol. The van der Waals surface area contributed by atoms with E-state index in [0.717, 1.165) is 20.2 Å². The van der Waals surface area contributed by atoms with Crippen LogP contribution < -0.4 is 14.2 Å². The van der Waals surface area contributed by atoms with Crippen molar-refractivity contribution in [3.63, 3.8) is 0 Å². The van der Waals surface area contributed by atoms with E-state index in [4.69, 9.17) is 16.3 Å². The Morgan fingerprint density at radius 2 is 1.75 bits per heavy atom. The molecule has 0 fully saturated rings. The third-order valence-electron chi connectivity index (χ3n) is 4.76. The van der Waals surface area contributed by atoms with Gasteiger partial charge in [0.1, 0.15) is 15.7 Å². The number of alkyl halides is 1. The highest BCUT2D eigenvalue weighted by molar-refractivity contribution is 7.93. The predicted molar refractivity (Wildman–Crippen MR) is 127 cm³/mol. The highest BCUT2D eigenvalue weighted by Gasteiger charge is 2.29. The summed E-state index contributed by atoms with van der Waals surface area (Å²) in [6.07, 6.45) is -1.03. The van der Waals surface area contributed by atoms with Crippen LogP contribution in [0.3, 0.4) is 0 Å². The molecular weight excluding hydrogens is 542 g/mol. The van der Waals surface area contributed by atoms with E-state index in [1.165, 1.54) is 36.4 Å². The van der Waals surface area contributed by atoms with Crippen LogP contribution in [0.5, 0.6) is 11.8 Å². The molecule has 36 heavy (non-hydrogen) atoms. The third-order valence-corrected chi connectivity index (χ3v) is 8.03. The normalized spacial score (nSPS) is 12.9. The predicted octanol–water partition coefficient (Wildman–Crippen LogP) is 3.96. The van der Waals surface area contributed by atoms with Crippen molar-refractivity contribution in [1.82, 2.24) is 13.9 Å². The Hall–Kier alpha value is -3.49. The van der Waals surface area contributed by atoms with Crippen molar-refractivity contribution < 1.29 is 35.1 Å². The first kappa shape index (κ1) is 25.6. The molecule has 1 aromatic carbocycles. The van der Waals surface area contributed by atoms with E-state index in [2.05, 4.69) is 19.4 Å². The summed E-state index contributed by atoms with van der Waals surface area (Å²) < 4.78 is 93.2. The number of ether oxygens (including phenoxy) is 2. The highest BCUT2D eigenvalue weighted by Crippen LogP contribution is 2.34. The first-order valence-electron chi connectivity index (χ1n) is 10.0. The van der Waals surface area contributed by atoms with Crippen molar-refractivity contribution in [3.05, 3.63) is 65.7 Å². The quantitative estimate of drug-likeness (QED) is 0.322. The molecule has 3 aromatic heterocycles. The minimum Gasteiger partial charge on any atom is -0.479 e. The van der Waals surface area contributed by atoms with Gasteiger partial charge >= 0.3 is 0 Å². The molecule has 0 spiro atoms. The van der Waals surface area contributed by atoms with Crippen LogP contribution in [0.1, 0.15) is 6.92 Å². The zero-order valence-corrected chi connectivity index (χ0v) is 20.9. The zero-order valence-electron chi connectivity index (χ0n) is 18.5. The number of nitrogens with zero attached hydrogens (tertiary/aromatic N) is 3. The largest absolute Gasteiger partial charge is 0.479 e. The number of hydrogen-bond acceptors (Lipinski definition) is 8. The summed E-state index contributed by atoms with van der Waals surface area (Å²) in [6, 6.07) is 10.5. The van der Waals surface area contributed by atoms with E-state index < -0.39 is 54.6 Å². The number of rotatable bonds is 8. The Bertz CT molecular complexity index is 1660. The van der Waals surface area contributed by atoms with Crippen molar-refractivity contribution in [1.29, 1.82) is 0 Å². The van der Waals surface area contributed by atoms with Crippen LogP contribution in [-0.4, -0.2) is 44.2 Å². The van der Waals surface area contributed by atoms with Gasteiger partial charge in [0.15, 0.2) is 11.5 Å². The maximum absolute atomic E-state index is 14.4. The maximum atomic E-state index is 14.4. The van der Waals surface area contributed by atoms with Gasteiger partial charge in [0.2, 0.25) is 12.2 Å². The second kappa shape index (κ2) is 9.52. The molecule has 0 bridgehead atoms. The van der Waals surface area contributed by atoms with Crippen LogP contribution in [0.2, 0.25) is 5.15 Å². The maximum Gasteiger partial charge on any atom is 0.269 e. The number of halogens is 3. The van der Waals surface area contributed by atoms with Gasteiger partial charge in [0.25, 0.3) is 25.9 Å². The van der Waals surface area contributed by atoms with Crippen LogP contribution in [0.15, 0.2) is 64.5 Å². The number of aromatic nitrogens is 3. The molecule has 190 valence electrons. The molecule has 0 radical (unpaired) electrons. The van der Waals surface area contributed by atoms with E-state index in [1.807, 2.05) is 0 Å². The van der Waals surface area contributed by atoms with Gasteiger partial charge in [-0.25, -0.2) is 34.6 Å². The molecule has 4 rings (SSSR count). The molecule has 1 N–H and O–H groups in total. The summed E-state index contributed by atoms with van der Waals surface area (Å²) in [5, 5.41) is -0.155. The number of nitrogens with one attached hydrogen (secondary N) is 1. The van der Waals surface area contributed by atoms with Crippen LogP contribution in [0.25, 0.3) is 11.0 Å². The first-order chi connectivity index (χ1) is 16.9. The third kappa shape index (κ3) is 4.79. The van der Waals surface area contributed by atoms with E-state index in [0.29, 0.717) is 10.0 Å². The van der Waals surface area contributed by atoms with Gasteiger partial charge in [0, 0.05) is 24.6 Å². The lowest BCUT2D eigenvalue weighted by atomic mass is 10.3. The van der Waals surface area contributed by atoms with Crippen LogP contribution >= 0.6 is 11.6 Å². The van der Waals surface area contributed by atoms with Crippen molar-refractivity contribution in [3.8, 4) is 11.8 Å². The van der Waals surface area contributed by atoms with Crippen LogP contribution in [-0.2, 0) is 20.0 Å². The van der Waals surface area contributed by atoms with E-state index in [-0.39, 0.29) is 21.1 Å². The molecule has 0 saturated heterocycles. The lowest BCUT2D eigenvalue weighted by Crippen LogP contribution is -2.16. The summed E-state index contributed by atoms with van der Waals surface area (Å²) in [7, 11) is -7.73. The Labute approximate surface area is 209 Å². The fourth-order valence-corrected chi connectivity index (χ4v) is 6.03. The Kier molecular flexibility index (Phi) is 6.77. The van der Waals surface area contributed by atoms with Gasteiger partial charge in [0.05, 0.1) is 12.0 Å². The number of pyridine rings is 2. The molecule has 0 saturated carbocycles. The molecule has 0 amide bonds. The molecule has 10 nitrogen and oxygen atoms in total. The van der Waals surface area contributed by atoms with Crippen LogP contribution in [0, 0.1) is 5.82 Å². The number of methoxy groups -OCH3 is 1. The highest BCUT2D eigenvalue weighted by atomic mass is 35.5. The summed E-state index contributed by atoms with van der Waals surface area (Å²) >= 11 is 5.96. The van der Waals surface area contributed by atoms with Gasteiger partial charge < -0.3 is 9.47 Å². The Balaban J connectivity index is 1.86. The van der Waals surface area contributed by atoms with E-state index >= 15 is 0 Å². The SMILES string of the molecule is COc1nc(OC(C)F)c(F)cc1NS(=O)(=O)c1cn(S(=O)(=O)c2ccccc2)c2nc(Cl)ccc12. The van der Waals surface area contributed by atoms with E-state index in [9.17, 15) is 25.6 Å². The first-order valence-corrected chi connectivity index (χ1v) is 13.3. The average Bonchev–Trinajstić information content (AvgIpc) is 3.21. The fraction of sp³-hybridized carbons (Fsp3) is 0.143. The van der Waals surface area contributed by atoms with Crippen molar-refractivity contribution in [2.45, 2.75) is 23.1 Å². The molecule has 15 heteroatoms. The number of benzene rings is 1. The number of anilines is 1. The molecule has 0 aliphatic rings. The Morgan fingerprint density at radius 3 is 2.39 bits per heavy atom. The standard InChI is InChI=1S/C21H17ClF2N4O6S2/c1-12(23)34-20-15(24)10-16(21(26-20)33-2)27-35(29,30)17-11-28(19-14(17)8-9-18(22)25-19)36(31,32)13-6-4-3-5-7-13/h3-12,27H,1-2H3. The lowest BCUT2D eigenvalue weighted by molar-refractivity contribution is 0.0753. The smallest absolute Gasteiger partial charge is 0.269 e. The van der Waals surface area contributed by atoms with Gasteiger partial charge in [-0.2, -0.15) is 4.98 Å². The topological polar surface area (TPSA) is 129 Å². The summed E-state index contributed by atoms with van der Waals surface area (Å²) in [6.45, 7) is 1.00. The van der Waals surface area contributed by atoms with Gasteiger partial charge in [-0.1, -0.05) is 29.8 Å². The minimum atomic E-state index is -4.58. The summed E-state index contributed by atoms with van der Waals surface area (Å²) in [4.78, 5) is 7.04. The number of hydrogen-bond donors (Lipinski definition) is 1. The molecule has 1 atom stereocenters. The minimum absolute atomic E-state index is 0.0763. The zero-order chi connectivity index (χ0) is 26.3. The van der Waals surface area contributed by atoms with Gasteiger partial charge in [-0.05, 0) is 24.3 Å². The van der Waals surface area contributed by atoms with Gasteiger partial charge in [-0.3, -0.25) is 4.72 Å². The monoisotopic (exact) mass is 558 g/mol. The molecule has 0 aliphatic heterocycles. The fourth-order valence-electron chi connectivity index (χ4n) is 3.25. The van der Waals surface area contributed by atoms with Crippen molar-refractivity contribution in [2.24, 2.45) is 0 Å².